The molecule has 2 bridgehead atoms. The minimum Gasteiger partial charge on any atom is -0.328 e. The van der Waals surface area contributed by atoms with Crippen molar-refractivity contribution in [2.24, 2.45) is 29.4 Å². The normalized spacial score (nSPS) is 54.7. The monoisotopic (exact) mass is 179 g/mol. The van der Waals surface area contributed by atoms with Crippen molar-refractivity contribution < 1.29 is 0 Å². The molecule has 0 heterocycles. The van der Waals surface area contributed by atoms with Crippen molar-refractivity contribution in [1.29, 1.82) is 0 Å². The van der Waals surface area contributed by atoms with E-state index < -0.39 is 0 Å². The van der Waals surface area contributed by atoms with E-state index in [1.54, 1.807) is 19.3 Å². The summed E-state index contributed by atoms with van der Waals surface area (Å²) in [7, 11) is 0. The highest BCUT2D eigenvalue weighted by atomic mass is 14.6. The third-order valence-electron chi connectivity index (χ3n) is 4.91. The summed E-state index contributed by atoms with van der Waals surface area (Å²) in [6.45, 7) is 0. The maximum atomic E-state index is 6.08. The van der Waals surface area contributed by atoms with E-state index in [4.69, 9.17) is 5.73 Å². The van der Waals surface area contributed by atoms with E-state index >= 15 is 0 Å². The van der Waals surface area contributed by atoms with Gasteiger partial charge >= 0.3 is 0 Å². The minimum absolute atomic E-state index is 0.526. The Kier molecular flexibility index (Phi) is 1.90. The zero-order chi connectivity index (χ0) is 8.84. The molecular weight excluding hydrogens is 158 g/mol. The lowest BCUT2D eigenvalue weighted by Crippen LogP contribution is -2.33. The molecule has 0 radical (unpaired) electrons. The van der Waals surface area contributed by atoms with Crippen LogP contribution in [0.3, 0.4) is 0 Å². The number of hydrogen-bond donors (Lipinski definition) is 1. The molecule has 3 aliphatic rings. The first kappa shape index (κ1) is 8.28. The minimum atomic E-state index is 0.526. The lowest BCUT2D eigenvalue weighted by atomic mass is 9.65. The number of hydrogen-bond acceptors (Lipinski definition) is 1. The summed E-state index contributed by atoms with van der Waals surface area (Å²) >= 11 is 0. The third kappa shape index (κ3) is 1.32. The lowest BCUT2D eigenvalue weighted by molar-refractivity contribution is 0.0911. The van der Waals surface area contributed by atoms with Crippen LogP contribution in [0.5, 0.6) is 0 Å². The van der Waals surface area contributed by atoms with Crippen molar-refractivity contribution in [3.8, 4) is 0 Å². The van der Waals surface area contributed by atoms with Crippen LogP contribution in [0.1, 0.15) is 44.9 Å². The fourth-order valence-electron chi connectivity index (χ4n) is 4.08. The zero-order valence-electron chi connectivity index (χ0n) is 8.41. The van der Waals surface area contributed by atoms with Crippen LogP contribution >= 0.6 is 0 Å². The van der Waals surface area contributed by atoms with Crippen molar-refractivity contribution >= 4 is 0 Å². The van der Waals surface area contributed by atoms with E-state index in [-0.39, 0.29) is 0 Å². The second-order valence-corrected chi connectivity index (χ2v) is 5.67. The molecule has 0 aromatic rings. The Morgan fingerprint density at radius 3 is 2.54 bits per heavy atom. The van der Waals surface area contributed by atoms with Crippen LogP contribution in [0.4, 0.5) is 0 Å². The molecule has 3 unspecified atom stereocenters. The SMILES string of the molecule is N[C@H]1CCC2CC3C[C@H](CC1)C3C2. The van der Waals surface area contributed by atoms with Gasteiger partial charge in [-0.1, -0.05) is 0 Å². The smallest absolute Gasteiger partial charge is 0.00390 e. The highest BCUT2D eigenvalue weighted by Crippen LogP contribution is 2.56. The van der Waals surface area contributed by atoms with Crippen LogP contribution in [-0.2, 0) is 0 Å². The second kappa shape index (κ2) is 2.98. The second-order valence-electron chi connectivity index (χ2n) is 5.67. The van der Waals surface area contributed by atoms with Gasteiger partial charge in [-0.3, -0.25) is 0 Å². The van der Waals surface area contributed by atoms with Crippen LogP contribution in [0.15, 0.2) is 0 Å². The van der Waals surface area contributed by atoms with Crippen LogP contribution in [0.2, 0.25) is 0 Å². The van der Waals surface area contributed by atoms with Gasteiger partial charge in [0.2, 0.25) is 0 Å². The first-order chi connectivity index (χ1) is 6.33. The summed E-state index contributed by atoms with van der Waals surface area (Å²) < 4.78 is 0. The number of rotatable bonds is 0. The molecule has 1 nitrogen and oxygen atoms in total. The van der Waals surface area contributed by atoms with Crippen LogP contribution < -0.4 is 5.73 Å². The molecule has 1 heteroatoms. The summed E-state index contributed by atoms with van der Waals surface area (Å²) in [5, 5.41) is 0. The van der Waals surface area contributed by atoms with Crippen LogP contribution in [-0.4, -0.2) is 6.04 Å². The topological polar surface area (TPSA) is 26.0 Å². The maximum Gasteiger partial charge on any atom is 0.00390 e. The average Bonchev–Trinajstić information content (AvgIpc) is 2.44. The molecule has 3 rings (SSSR count). The highest BCUT2D eigenvalue weighted by molar-refractivity contribution is 4.97. The van der Waals surface area contributed by atoms with Crippen LogP contribution in [0.25, 0.3) is 0 Å². The van der Waals surface area contributed by atoms with Crippen LogP contribution in [0, 0.1) is 23.7 Å². The molecule has 3 saturated carbocycles. The fraction of sp³-hybridized carbons (Fsp3) is 1.00. The Morgan fingerprint density at radius 2 is 1.62 bits per heavy atom. The van der Waals surface area contributed by atoms with Crippen molar-refractivity contribution in [3.05, 3.63) is 0 Å². The first-order valence-corrected chi connectivity index (χ1v) is 6.08. The molecule has 3 fully saturated rings. The van der Waals surface area contributed by atoms with Crippen molar-refractivity contribution in [2.75, 3.05) is 0 Å². The molecule has 5 atom stereocenters. The predicted molar refractivity (Wildman–Crippen MR) is 54.3 cm³/mol. The quantitative estimate of drug-likeness (QED) is 0.607. The molecule has 0 aliphatic heterocycles. The number of nitrogens with two attached hydrogens (primary N) is 1. The summed E-state index contributed by atoms with van der Waals surface area (Å²) in [6, 6.07) is 0.526. The van der Waals surface area contributed by atoms with Crippen molar-refractivity contribution in [1.82, 2.24) is 0 Å². The average molecular weight is 179 g/mol. The maximum absolute atomic E-state index is 6.08. The van der Waals surface area contributed by atoms with Crippen molar-refractivity contribution in [2.45, 2.75) is 51.0 Å². The molecule has 0 amide bonds. The zero-order valence-corrected chi connectivity index (χ0v) is 8.41. The molecule has 0 aromatic carbocycles. The molecule has 13 heavy (non-hydrogen) atoms. The van der Waals surface area contributed by atoms with Gasteiger partial charge in [-0.15, -0.1) is 0 Å². The van der Waals surface area contributed by atoms with Gasteiger partial charge in [0.25, 0.3) is 0 Å². The van der Waals surface area contributed by atoms with Gasteiger partial charge in [0.15, 0.2) is 0 Å². The Morgan fingerprint density at radius 1 is 0.769 bits per heavy atom. The van der Waals surface area contributed by atoms with Gasteiger partial charge in [0, 0.05) is 6.04 Å². The summed E-state index contributed by atoms with van der Waals surface area (Å²) in [5.41, 5.74) is 6.08. The molecule has 2 N–H and O–H groups in total. The third-order valence-corrected chi connectivity index (χ3v) is 4.91. The van der Waals surface area contributed by atoms with Gasteiger partial charge in [0.05, 0.1) is 0 Å². The Labute approximate surface area is 81.1 Å². The van der Waals surface area contributed by atoms with Gasteiger partial charge in [-0.2, -0.15) is 0 Å². The number of fused-ring (bicyclic) bond motifs is 1. The van der Waals surface area contributed by atoms with Gasteiger partial charge in [0.1, 0.15) is 0 Å². The molecule has 0 spiro atoms. The molecule has 0 aromatic heterocycles. The molecule has 3 aliphatic carbocycles. The van der Waals surface area contributed by atoms with E-state index in [0.29, 0.717) is 6.04 Å². The summed E-state index contributed by atoms with van der Waals surface area (Å²) in [6.07, 6.45) is 10.1. The van der Waals surface area contributed by atoms with Crippen molar-refractivity contribution in [3.63, 3.8) is 0 Å². The lowest BCUT2D eigenvalue weighted by Gasteiger charge is -2.41. The summed E-state index contributed by atoms with van der Waals surface area (Å²) in [5.74, 6) is 4.42. The Bertz CT molecular complexity index is 195. The standard InChI is InChI=1S/C12H21N/c13-11-3-1-8-5-10-7-9(2-4-11)12(10)6-8/h8-12H,1-7,13H2/t8?,9-,10?,11-,12?/m0/s1. The first-order valence-electron chi connectivity index (χ1n) is 6.08. The van der Waals surface area contributed by atoms with E-state index in [0.717, 1.165) is 23.7 Å². The Balaban J connectivity index is 1.72. The summed E-state index contributed by atoms with van der Waals surface area (Å²) in [4.78, 5) is 0. The highest BCUT2D eigenvalue weighted by Gasteiger charge is 2.47. The van der Waals surface area contributed by atoms with E-state index in [1.165, 1.54) is 25.7 Å². The molecular formula is C12H21N. The van der Waals surface area contributed by atoms with Gasteiger partial charge in [-0.25, -0.2) is 0 Å². The predicted octanol–water partition coefficient (Wildman–Crippen LogP) is 2.55. The molecule has 0 saturated heterocycles. The van der Waals surface area contributed by atoms with Gasteiger partial charge < -0.3 is 5.73 Å². The van der Waals surface area contributed by atoms with E-state index in [9.17, 15) is 0 Å². The fourth-order valence-corrected chi connectivity index (χ4v) is 4.08. The molecule has 74 valence electrons. The Hall–Kier alpha value is -0.0400. The van der Waals surface area contributed by atoms with E-state index in [1.807, 2.05) is 0 Å². The van der Waals surface area contributed by atoms with Gasteiger partial charge in [-0.05, 0) is 68.6 Å². The largest absolute Gasteiger partial charge is 0.328 e. The van der Waals surface area contributed by atoms with E-state index in [2.05, 4.69) is 0 Å².